The van der Waals surface area contributed by atoms with E-state index in [9.17, 15) is 5.11 Å². The van der Waals surface area contributed by atoms with Crippen LogP contribution in [0.5, 0.6) is 5.75 Å². The summed E-state index contributed by atoms with van der Waals surface area (Å²) in [5, 5.41) is 12.5. The molecule has 0 saturated carbocycles. The highest BCUT2D eigenvalue weighted by atomic mass is 35.5. The van der Waals surface area contributed by atoms with Gasteiger partial charge in [-0.05, 0) is 62.6 Å². The van der Waals surface area contributed by atoms with Crippen molar-refractivity contribution in [2.24, 2.45) is 0 Å². The highest BCUT2D eigenvalue weighted by molar-refractivity contribution is 6.30. The van der Waals surface area contributed by atoms with Gasteiger partial charge in [0.15, 0.2) is 6.54 Å². The molecule has 0 aromatic heterocycles. The molecule has 0 aliphatic carbocycles. The number of hydrogen-bond donors (Lipinski definition) is 1. The molecule has 1 N–H and O–H groups in total. The number of halogens is 1. The Hall–Kier alpha value is -2.04. The molecule has 2 aliphatic rings. The van der Waals surface area contributed by atoms with E-state index < -0.39 is 5.72 Å². The van der Waals surface area contributed by atoms with E-state index in [2.05, 4.69) is 9.48 Å². The summed E-state index contributed by atoms with van der Waals surface area (Å²) >= 11 is 6.08. The minimum atomic E-state index is -1.11. The molecule has 27 heavy (non-hydrogen) atoms. The minimum absolute atomic E-state index is 0.567. The maximum Gasteiger partial charge on any atom is 0.275 e. The highest BCUT2D eigenvalue weighted by Crippen LogP contribution is 2.38. The number of rotatable bonds is 4. The van der Waals surface area contributed by atoms with Crippen LogP contribution in [0.2, 0.25) is 5.02 Å². The van der Waals surface area contributed by atoms with Crippen LogP contribution in [-0.2, 0) is 5.72 Å². The Bertz CT molecular complexity index is 832. The van der Waals surface area contributed by atoms with Crippen LogP contribution >= 0.6 is 11.6 Å². The van der Waals surface area contributed by atoms with Crippen molar-refractivity contribution in [3.63, 3.8) is 0 Å². The number of hydrogen-bond acceptors (Lipinski definition) is 3. The first-order valence-electron chi connectivity index (χ1n) is 9.74. The van der Waals surface area contributed by atoms with Crippen LogP contribution in [0.25, 0.3) is 0 Å². The second-order valence-corrected chi connectivity index (χ2v) is 7.67. The van der Waals surface area contributed by atoms with E-state index in [1.165, 1.54) is 12.3 Å². The summed E-state index contributed by atoms with van der Waals surface area (Å²) in [6, 6.07) is 15.6. The van der Waals surface area contributed by atoms with Gasteiger partial charge in [0.1, 0.15) is 11.4 Å². The van der Waals surface area contributed by atoms with E-state index in [4.69, 9.17) is 16.3 Å². The Kier molecular flexibility index (Phi) is 5.11. The zero-order chi connectivity index (χ0) is 18.9. The van der Waals surface area contributed by atoms with Crippen molar-refractivity contribution < 1.29 is 14.4 Å². The smallest absolute Gasteiger partial charge is 0.275 e. The highest BCUT2D eigenvalue weighted by Gasteiger charge is 2.53. The molecule has 1 atom stereocenters. The summed E-state index contributed by atoms with van der Waals surface area (Å²) in [6.07, 6.45) is 4.52. The van der Waals surface area contributed by atoms with Gasteiger partial charge in [-0.15, -0.1) is 0 Å². The molecule has 2 aromatic carbocycles. The molecule has 0 saturated heterocycles. The van der Waals surface area contributed by atoms with E-state index in [1.54, 1.807) is 0 Å². The predicted octanol–water partition coefficient (Wildman–Crippen LogP) is 4.39. The van der Waals surface area contributed by atoms with Gasteiger partial charge in [-0.1, -0.05) is 23.7 Å². The number of benzene rings is 2. The molecule has 142 valence electrons. The molecular formula is C22H26ClN2O2+. The number of amidine groups is 1. The molecule has 4 rings (SSSR count). The average Bonchev–Trinajstić information content (AvgIpc) is 2.80. The molecule has 2 aromatic rings. The van der Waals surface area contributed by atoms with Gasteiger partial charge in [0.2, 0.25) is 0 Å². The Labute approximate surface area is 165 Å². The lowest BCUT2D eigenvalue weighted by molar-refractivity contribution is -0.534. The van der Waals surface area contributed by atoms with Crippen LogP contribution in [0, 0.1) is 0 Å². The van der Waals surface area contributed by atoms with E-state index in [1.807, 2.05) is 55.5 Å². The maximum atomic E-state index is 11.9. The van der Waals surface area contributed by atoms with Gasteiger partial charge >= 0.3 is 0 Å². The quantitative estimate of drug-likeness (QED) is 0.793. The fraction of sp³-hybridized carbons (Fsp3) is 0.409. The van der Waals surface area contributed by atoms with E-state index in [0.29, 0.717) is 18.2 Å². The second-order valence-electron chi connectivity index (χ2n) is 7.23. The maximum absolute atomic E-state index is 11.9. The van der Waals surface area contributed by atoms with Gasteiger partial charge < -0.3 is 9.84 Å². The first-order chi connectivity index (χ1) is 13.1. The largest absolute Gasteiger partial charge is 0.494 e. The fourth-order valence-corrected chi connectivity index (χ4v) is 4.31. The van der Waals surface area contributed by atoms with Gasteiger partial charge in [0.05, 0.1) is 13.2 Å². The molecule has 4 nitrogen and oxygen atoms in total. The zero-order valence-electron chi connectivity index (χ0n) is 15.7. The first kappa shape index (κ1) is 18.3. The summed E-state index contributed by atoms with van der Waals surface area (Å²) in [4.78, 5) is 2.11. The third-order valence-electron chi connectivity index (χ3n) is 5.45. The predicted molar refractivity (Wildman–Crippen MR) is 109 cm³/mol. The summed E-state index contributed by atoms with van der Waals surface area (Å²) in [7, 11) is 0. The van der Waals surface area contributed by atoms with Gasteiger partial charge in [0.25, 0.3) is 11.6 Å². The number of anilines is 1. The Morgan fingerprint density at radius 3 is 2.52 bits per heavy atom. The van der Waals surface area contributed by atoms with Crippen LogP contribution in [0.15, 0.2) is 48.5 Å². The molecule has 2 heterocycles. The van der Waals surface area contributed by atoms with Crippen molar-refractivity contribution in [2.75, 3.05) is 24.6 Å². The summed E-state index contributed by atoms with van der Waals surface area (Å²) in [6.45, 7) is 4.17. The molecule has 1 unspecified atom stereocenters. The van der Waals surface area contributed by atoms with Crippen LogP contribution in [0.4, 0.5) is 5.69 Å². The topological polar surface area (TPSA) is 35.7 Å². The lowest BCUT2D eigenvalue weighted by atomic mass is 10.00. The standard InChI is InChI=1S/C22H26ClN2O2/c1-2-27-20-13-11-19(12-14-20)25-21-6-4-3-5-15-24(21)16-22(25,26)17-7-9-18(23)10-8-17/h7-14,26H,2-6,15-16H2,1H3/q+1. The number of ether oxygens (including phenoxy) is 1. The molecule has 0 amide bonds. The number of nitrogens with zero attached hydrogens (tertiary/aromatic N) is 2. The normalized spacial score (nSPS) is 22.6. The molecular weight excluding hydrogens is 360 g/mol. The van der Waals surface area contributed by atoms with Gasteiger partial charge in [0, 0.05) is 17.0 Å². The second kappa shape index (κ2) is 7.53. The Balaban J connectivity index is 1.77. The van der Waals surface area contributed by atoms with Crippen LogP contribution in [0.3, 0.4) is 0 Å². The molecule has 0 fully saturated rings. The molecule has 0 radical (unpaired) electrons. The monoisotopic (exact) mass is 385 g/mol. The Morgan fingerprint density at radius 2 is 1.81 bits per heavy atom. The SMILES string of the molecule is CCOc1ccc(N2C3=[N+](CCCCC3)CC2(O)c2ccc(Cl)cc2)cc1. The van der Waals surface area contributed by atoms with E-state index in [-0.39, 0.29) is 0 Å². The van der Waals surface area contributed by atoms with Crippen LogP contribution in [0.1, 0.15) is 38.2 Å². The lowest BCUT2D eigenvalue weighted by Gasteiger charge is -2.29. The van der Waals surface area contributed by atoms with Crippen molar-refractivity contribution in [1.29, 1.82) is 0 Å². The van der Waals surface area contributed by atoms with Gasteiger partial charge in [-0.25, -0.2) is 0 Å². The van der Waals surface area contributed by atoms with Crippen molar-refractivity contribution in [3.8, 4) is 5.75 Å². The van der Waals surface area contributed by atoms with E-state index >= 15 is 0 Å². The molecule has 0 spiro atoms. The van der Waals surface area contributed by atoms with Crippen LogP contribution in [-0.4, -0.2) is 35.2 Å². The Morgan fingerprint density at radius 1 is 1.07 bits per heavy atom. The summed E-state index contributed by atoms with van der Waals surface area (Å²) in [5.41, 5.74) is 0.737. The first-order valence-corrected chi connectivity index (χ1v) is 10.1. The van der Waals surface area contributed by atoms with E-state index in [0.717, 1.165) is 42.8 Å². The zero-order valence-corrected chi connectivity index (χ0v) is 16.5. The third-order valence-corrected chi connectivity index (χ3v) is 5.70. The van der Waals surface area contributed by atoms with Crippen molar-refractivity contribution in [3.05, 3.63) is 59.1 Å². The van der Waals surface area contributed by atoms with Gasteiger partial charge in [-0.2, -0.15) is 4.90 Å². The van der Waals surface area contributed by atoms with Crippen molar-refractivity contribution in [1.82, 2.24) is 0 Å². The molecule has 5 heteroatoms. The molecule has 2 aliphatic heterocycles. The minimum Gasteiger partial charge on any atom is -0.494 e. The lowest BCUT2D eigenvalue weighted by Crippen LogP contribution is -2.47. The fourth-order valence-electron chi connectivity index (χ4n) is 4.18. The van der Waals surface area contributed by atoms with Crippen LogP contribution < -0.4 is 9.64 Å². The summed E-state index contributed by atoms with van der Waals surface area (Å²) < 4.78 is 7.93. The molecule has 0 bridgehead atoms. The van der Waals surface area contributed by atoms with Crippen molar-refractivity contribution in [2.45, 2.75) is 38.3 Å². The summed E-state index contributed by atoms with van der Waals surface area (Å²) in [5.74, 6) is 2.05. The van der Waals surface area contributed by atoms with Gasteiger partial charge in [-0.3, -0.25) is 4.58 Å². The average molecular weight is 386 g/mol. The van der Waals surface area contributed by atoms with Crippen molar-refractivity contribution >= 4 is 23.1 Å². The number of aliphatic hydroxyl groups is 1. The third kappa shape index (κ3) is 3.44.